The molecule has 3 rings (SSSR count). The van der Waals surface area contributed by atoms with E-state index < -0.39 is 32.6 Å². The smallest absolute Gasteiger partial charge is 0.445 e. The van der Waals surface area contributed by atoms with Gasteiger partial charge >= 0.3 is 12.2 Å². The van der Waals surface area contributed by atoms with Crippen molar-refractivity contribution < 1.29 is 28.6 Å². The number of nitrogens with zero attached hydrogens (tertiary/aromatic N) is 1. The van der Waals surface area contributed by atoms with Gasteiger partial charge in [0.2, 0.25) is 5.91 Å². The van der Waals surface area contributed by atoms with Crippen molar-refractivity contribution >= 4 is 26.4 Å². The number of hydrogen-bond acceptors (Lipinski definition) is 6. The van der Waals surface area contributed by atoms with Crippen LogP contribution in [0.25, 0.3) is 0 Å². The molecule has 0 spiro atoms. The van der Waals surface area contributed by atoms with Crippen molar-refractivity contribution in [2.75, 3.05) is 6.61 Å². The Balaban J connectivity index is 1.66. The first kappa shape index (κ1) is 25.3. The monoisotopic (exact) mass is 484 g/mol. The SMILES string of the molecule is CC(C)(C)[Si](C)(C)N1C(=O)[C@H](NC(=O)OCc2ccccc2)[C@@H]1COC(=O)Oc1ccccc1. The van der Waals surface area contributed by atoms with E-state index in [0.717, 1.165) is 5.56 Å². The summed E-state index contributed by atoms with van der Waals surface area (Å²) in [5.74, 6) is 0.158. The second kappa shape index (κ2) is 10.3. The molecule has 2 aromatic rings. The maximum absolute atomic E-state index is 13.1. The molecule has 0 radical (unpaired) electrons. The van der Waals surface area contributed by atoms with Crippen LogP contribution in [0.3, 0.4) is 0 Å². The fourth-order valence-electron chi connectivity index (χ4n) is 3.58. The number of nitrogens with one attached hydrogen (secondary N) is 1. The number of para-hydroxylation sites is 1. The van der Waals surface area contributed by atoms with E-state index in [9.17, 15) is 14.4 Å². The van der Waals surface area contributed by atoms with Gasteiger partial charge < -0.3 is 24.1 Å². The molecule has 0 aromatic heterocycles. The first-order valence-corrected chi connectivity index (χ1v) is 14.2. The molecule has 2 atom stereocenters. The van der Waals surface area contributed by atoms with Gasteiger partial charge in [-0.05, 0) is 22.7 Å². The minimum absolute atomic E-state index is 0.0874. The van der Waals surface area contributed by atoms with Crippen LogP contribution in [-0.2, 0) is 20.9 Å². The Kier molecular flexibility index (Phi) is 7.66. The van der Waals surface area contributed by atoms with Crippen molar-refractivity contribution in [3.05, 3.63) is 66.2 Å². The number of ether oxygens (including phenoxy) is 3. The van der Waals surface area contributed by atoms with Gasteiger partial charge in [0.05, 0.1) is 6.04 Å². The fourth-order valence-corrected chi connectivity index (χ4v) is 6.05. The summed E-state index contributed by atoms with van der Waals surface area (Å²) in [4.78, 5) is 37.8. The highest BCUT2D eigenvalue weighted by Crippen LogP contribution is 2.43. The Bertz CT molecular complexity index is 1010. The van der Waals surface area contributed by atoms with Gasteiger partial charge in [-0.25, -0.2) is 9.59 Å². The van der Waals surface area contributed by atoms with E-state index >= 15 is 0 Å². The van der Waals surface area contributed by atoms with Crippen molar-refractivity contribution in [1.29, 1.82) is 0 Å². The molecule has 0 saturated carbocycles. The average molecular weight is 485 g/mol. The molecule has 1 fully saturated rings. The quantitative estimate of drug-likeness (QED) is 0.265. The first-order valence-electron chi connectivity index (χ1n) is 11.2. The topological polar surface area (TPSA) is 94.2 Å². The van der Waals surface area contributed by atoms with Crippen LogP contribution >= 0.6 is 0 Å². The Hall–Kier alpha value is -3.33. The third-order valence-corrected chi connectivity index (χ3v) is 11.9. The molecular formula is C25H32N2O6Si. The summed E-state index contributed by atoms with van der Waals surface area (Å²) in [7, 11) is -2.30. The van der Waals surface area contributed by atoms with E-state index in [1.54, 1.807) is 28.8 Å². The van der Waals surface area contributed by atoms with Crippen LogP contribution in [0.4, 0.5) is 9.59 Å². The maximum atomic E-state index is 13.1. The molecular weight excluding hydrogens is 452 g/mol. The number of amides is 2. The molecule has 1 aliphatic heterocycles. The molecule has 1 saturated heterocycles. The van der Waals surface area contributed by atoms with E-state index in [2.05, 4.69) is 39.2 Å². The summed E-state index contributed by atoms with van der Waals surface area (Å²) in [6.45, 7) is 10.4. The van der Waals surface area contributed by atoms with Gasteiger partial charge in [-0.3, -0.25) is 4.79 Å². The Morgan fingerprint density at radius 3 is 2.15 bits per heavy atom. The van der Waals surface area contributed by atoms with Crippen molar-refractivity contribution in [2.45, 2.75) is 57.6 Å². The first-order chi connectivity index (χ1) is 16.0. The second-order valence-corrected chi connectivity index (χ2v) is 14.8. The summed E-state index contributed by atoms with van der Waals surface area (Å²) in [6, 6.07) is 16.5. The third-order valence-electron chi connectivity index (χ3n) is 6.46. The van der Waals surface area contributed by atoms with E-state index in [0.29, 0.717) is 5.75 Å². The Labute approximate surface area is 201 Å². The molecule has 2 aromatic carbocycles. The number of benzene rings is 2. The molecule has 0 aliphatic carbocycles. The van der Waals surface area contributed by atoms with E-state index in [-0.39, 0.29) is 24.2 Å². The molecule has 8 nitrogen and oxygen atoms in total. The van der Waals surface area contributed by atoms with Gasteiger partial charge in [-0.15, -0.1) is 0 Å². The largest absolute Gasteiger partial charge is 0.513 e. The van der Waals surface area contributed by atoms with Gasteiger partial charge in [-0.2, -0.15) is 0 Å². The normalized spacial score (nSPS) is 18.0. The van der Waals surface area contributed by atoms with Gasteiger partial charge in [0, 0.05) is 0 Å². The van der Waals surface area contributed by atoms with Crippen LogP contribution in [0.1, 0.15) is 26.3 Å². The highest BCUT2D eigenvalue weighted by Gasteiger charge is 2.58. The average Bonchev–Trinajstić information content (AvgIpc) is 2.79. The molecule has 1 heterocycles. The standard InChI is InChI=1S/C25H32N2O6Si/c1-25(2,3)34(4,5)27-20(17-32-24(30)33-19-14-10-7-11-15-19)21(22(27)28)26-23(29)31-16-18-12-8-6-9-13-18/h6-15,20-21H,16-17H2,1-5H3,(H,26,29)/t20-,21+/m0/s1. The summed E-state index contributed by atoms with van der Waals surface area (Å²) in [6.07, 6.45) is -1.57. The van der Waals surface area contributed by atoms with E-state index in [1.807, 2.05) is 36.4 Å². The lowest BCUT2D eigenvalue weighted by Crippen LogP contribution is -2.79. The minimum Gasteiger partial charge on any atom is -0.445 e. The molecule has 2 amide bonds. The summed E-state index contributed by atoms with van der Waals surface area (Å²) in [5, 5.41) is 2.52. The molecule has 0 unspecified atom stereocenters. The van der Waals surface area contributed by atoms with Crippen molar-refractivity contribution in [3.8, 4) is 5.75 Å². The lowest BCUT2D eigenvalue weighted by atomic mass is 10.00. The maximum Gasteiger partial charge on any atom is 0.513 e. The summed E-state index contributed by atoms with van der Waals surface area (Å²) in [5.41, 5.74) is 0.837. The lowest BCUT2D eigenvalue weighted by Gasteiger charge is -2.57. The number of carbonyl (C=O) groups is 3. The molecule has 1 N–H and O–H groups in total. The lowest BCUT2D eigenvalue weighted by molar-refractivity contribution is -0.145. The van der Waals surface area contributed by atoms with Crippen LogP contribution in [0, 0.1) is 0 Å². The fraction of sp³-hybridized carbons (Fsp3) is 0.400. The molecule has 1 aliphatic rings. The van der Waals surface area contributed by atoms with Gasteiger partial charge in [0.1, 0.15) is 25.0 Å². The number of alkyl carbamates (subject to hydrolysis) is 1. The summed E-state index contributed by atoms with van der Waals surface area (Å²) < 4.78 is 17.6. The summed E-state index contributed by atoms with van der Waals surface area (Å²) >= 11 is 0. The Morgan fingerprint density at radius 1 is 0.971 bits per heavy atom. The van der Waals surface area contributed by atoms with Gasteiger partial charge in [0.25, 0.3) is 0 Å². The van der Waals surface area contributed by atoms with Crippen molar-refractivity contribution in [1.82, 2.24) is 9.88 Å². The van der Waals surface area contributed by atoms with Gasteiger partial charge in [-0.1, -0.05) is 82.4 Å². The van der Waals surface area contributed by atoms with Crippen LogP contribution in [0.5, 0.6) is 5.75 Å². The number of hydrogen-bond donors (Lipinski definition) is 1. The van der Waals surface area contributed by atoms with E-state index in [4.69, 9.17) is 14.2 Å². The number of rotatable bonds is 7. The van der Waals surface area contributed by atoms with Crippen LogP contribution in [-0.4, -0.2) is 49.6 Å². The highest BCUT2D eigenvalue weighted by molar-refractivity contribution is 6.80. The van der Waals surface area contributed by atoms with Crippen LogP contribution in [0.2, 0.25) is 18.1 Å². The molecule has 182 valence electrons. The molecule has 9 heteroatoms. The second-order valence-electron chi connectivity index (χ2n) is 9.74. The minimum atomic E-state index is -2.30. The Morgan fingerprint density at radius 2 is 1.56 bits per heavy atom. The predicted octanol–water partition coefficient (Wildman–Crippen LogP) is 4.71. The zero-order valence-corrected chi connectivity index (χ0v) is 21.2. The number of β-lactam (4-membered cyclic amide) rings is 1. The zero-order chi connectivity index (χ0) is 24.9. The zero-order valence-electron chi connectivity index (χ0n) is 20.2. The van der Waals surface area contributed by atoms with Crippen molar-refractivity contribution in [2.24, 2.45) is 0 Å². The molecule has 34 heavy (non-hydrogen) atoms. The van der Waals surface area contributed by atoms with E-state index in [1.165, 1.54) is 0 Å². The van der Waals surface area contributed by atoms with Gasteiger partial charge in [0.15, 0.2) is 8.24 Å². The van der Waals surface area contributed by atoms with Crippen LogP contribution in [0.15, 0.2) is 60.7 Å². The third kappa shape index (κ3) is 5.77. The number of carbonyl (C=O) groups excluding carboxylic acids is 3. The van der Waals surface area contributed by atoms with Crippen molar-refractivity contribution in [3.63, 3.8) is 0 Å². The van der Waals surface area contributed by atoms with Crippen LogP contribution < -0.4 is 10.1 Å². The highest BCUT2D eigenvalue weighted by atomic mass is 28.3. The predicted molar refractivity (Wildman–Crippen MR) is 130 cm³/mol. The molecule has 0 bridgehead atoms.